The van der Waals surface area contributed by atoms with Crippen molar-refractivity contribution in [2.75, 3.05) is 26.2 Å². The molecule has 0 aliphatic rings. The van der Waals surface area contributed by atoms with Gasteiger partial charge in [0.1, 0.15) is 0 Å². The van der Waals surface area contributed by atoms with E-state index in [1.165, 1.54) is 0 Å². The molecular formula is C9H20N2O2. The Labute approximate surface area is 80.1 Å². The van der Waals surface area contributed by atoms with Crippen LogP contribution in [0.1, 0.15) is 33.1 Å². The molecule has 0 aromatic carbocycles. The van der Waals surface area contributed by atoms with E-state index in [1.54, 1.807) is 0 Å². The van der Waals surface area contributed by atoms with Crippen LogP contribution in [0.15, 0.2) is 0 Å². The molecule has 4 heteroatoms. The van der Waals surface area contributed by atoms with Crippen molar-refractivity contribution in [1.82, 2.24) is 4.90 Å². The topological polar surface area (TPSA) is 46.4 Å². The van der Waals surface area contributed by atoms with Crippen LogP contribution in [0.2, 0.25) is 0 Å². The largest absolute Gasteiger partial charge is 0.303 e. The lowest BCUT2D eigenvalue weighted by Crippen LogP contribution is -2.27. The monoisotopic (exact) mass is 188 g/mol. The van der Waals surface area contributed by atoms with Crippen molar-refractivity contribution < 1.29 is 4.92 Å². The molecule has 0 bridgehead atoms. The molecule has 0 saturated heterocycles. The zero-order valence-electron chi connectivity index (χ0n) is 8.66. The predicted molar refractivity (Wildman–Crippen MR) is 53.5 cm³/mol. The quantitative estimate of drug-likeness (QED) is 0.431. The summed E-state index contributed by atoms with van der Waals surface area (Å²) >= 11 is 0. The zero-order valence-corrected chi connectivity index (χ0v) is 8.66. The fraction of sp³-hybridized carbons (Fsp3) is 1.00. The molecule has 0 spiro atoms. The third-order valence-electron chi connectivity index (χ3n) is 1.89. The van der Waals surface area contributed by atoms with Gasteiger partial charge in [-0.25, -0.2) is 0 Å². The Hall–Kier alpha value is -0.640. The van der Waals surface area contributed by atoms with E-state index in [0.717, 1.165) is 32.5 Å². The van der Waals surface area contributed by atoms with Gasteiger partial charge in [0.05, 0.1) is 0 Å². The van der Waals surface area contributed by atoms with Crippen LogP contribution in [0.5, 0.6) is 0 Å². The molecule has 78 valence electrons. The first-order chi connectivity index (χ1) is 6.20. The fourth-order valence-electron chi connectivity index (χ4n) is 1.39. The number of hydrogen-bond donors (Lipinski definition) is 0. The van der Waals surface area contributed by atoms with Gasteiger partial charge in [0, 0.05) is 17.9 Å². The van der Waals surface area contributed by atoms with Gasteiger partial charge in [-0.05, 0) is 25.9 Å². The van der Waals surface area contributed by atoms with Crippen LogP contribution in [0.4, 0.5) is 0 Å². The Morgan fingerprint density at radius 3 is 2.08 bits per heavy atom. The Morgan fingerprint density at radius 1 is 1.15 bits per heavy atom. The number of nitrogens with zero attached hydrogens (tertiary/aromatic N) is 2. The van der Waals surface area contributed by atoms with Crippen molar-refractivity contribution in [3.05, 3.63) is 10.1 Å². The van der Waals surface area contributed by atoms with Gasteiger partial charge < -0.3 is 4.90 Å². The van der Waals surface area contributed by atoms with E-state index in [0.29, 0.717) is 6.42 Å². The van der Waals surface area contributed by atoms with Gasteiger partial charge in [0.2, 0.25) is 6.54 Å². The Kier molecular flexibility index (Phi) is 7.59. The lowest BCUT2D eigenvalue weighted by atomic mass is 10.3. The minimum absolute atomic E-state index is 0.101. The van der Waals surface area contributed by atoms with Gasteiger partial charge >= 0.3 is 0 Å². The molecular weight excluding hydrogens is 168 g/mol. The first-order valence-corrected chi connectivity index (χ1v) is 5.04. The van der Waals surface area contributed by atoms with Gasteiger partial charge in [-0.2, -0.15) is 0 Å². The summed E-state index contributed by atoms with van der Waals surface area (Å²) in [4.78, 5) is 12.1. The fourth-order valence-corrected chi connectivity index (χ4v) is 1.39. The summed E-state index contributed by atoms with van der Waals surface area (Å²) in [5.74, 6) is 0. The summed E-state index contributed by atoms with van der Waals surface area (Å²) in [6.45, 7) is 7.36. The summed E-state index contributed by atoms with van der Waals surface area (Å²) in [5.41, 5.74) is 0. The second kappa shape index (κ2) is 7.98. The summed E-state index contributed by atoms with van der Waals surface area (Å²) < 4.78 is 0. The Morgan fingerprint density at radius 2 is 1.69 bits per heavy atom. The Balaban J connectivity index is 3.49. The SMILES string of the molecule is CCCN(CCC)CCC[N+](=O)[O-]. The van der Waals surface area contributed by atoms with E-state index in [9.17, 15) is 10.1 Å². The summed E-state index contributed by atoms with van der Waals surface area (Å²) in [7, 11) is 0. The second-order valence-electron chi connectivity index (χ2n) is 3.25. The lowest BCUT2D eigenvalue weighted by Gasteiger charge is -2.19. The maximum atomic E-state index is 10.1. The first-order valence-electron chi connectivity index (χ1n) is 5.04. The molecule has 0 N–H and O–H groups in total. The maximum Gasteiger partial charge on any atom is 0.205 e. The van der Waals surface area contributed by atoms with Crippen LogP contribution in [0.3, 0.4) is 0 Å². The van der Waals surface area contributed by atoms with Gasteiger partial charge in [-0.3, -0.25) is 10.1 Å². The standard InChI is InChI=1S/C9H20N2O2/c1-3-6-10(7-4-2)8-5-9-11(12)13/h3-9H2,1-2H3. The van der Waals surface area contributed by atoms with Gasteiger partial charge in [0.15, 0.2) is 0 Å². The molecule has 0 heterocycles. The van der Waals surface area contributed by atoms with E-state index in [4.69, 9.17) is 0 Å². The van der Waals surface area contributed by atoms with Crippen molar-refractivity contribution in [2.24, 2.45) is 0 Å². The molecule has 0 atom stereocenters. The average Bonchev–Trinajstić information content (AvgIpc) is 2.04. The average molecular weight is 188 g/mol. The van der Waals surface area contributed by atoms with Gasteiger partial charge in [0.25, 0.3) is 0 Å². The van der Waals surface area contributed by atoms with Crippen molar-refractivity contribution in [3.63, 3.8) is 0 Å². The smallest absolute Gasteiger partial charge is 0.205 e. The number of rotatable bonds is 8. The minimum atomic E-state index is -0.240. The van der Waals surface area contributed by atoms with Crippen LogP contribution in [0.25, 0.3) is 0 Å². The van der Waals surface area contributed by atoms with E-state index < -0.39 is 0 Å². The molecule has 0 aliphatic carbocycles. The minimum Gasteiger partial charge on any atom is -0.303 e. The number of nitro groups is 1. The molecule has 0 aromatic heterocycles. The van der Waals surface area contributed by atoms with Crippen LogP contribution in [0, 0.1) is 10.1 Å². The third kappa shape index (κ3) is 7.71. The van der Waals surface area contributed by atoms with Crippen molar-refractivity contribution >= 4 is 0 Å². The summed E-state index contributed by atoms with van der Waals surface area (Å²) in [5, 5.41) is 10.1. The number of hydrogen-bond acceptors (Lipinski definition) is 3. The molecule has 13 heavy (non-hydrogen) atoms. The second-order valence-corrected chi connectivity index (χ2v) is 3.25. The molecule has 0 fully saturated rings. The first kappa shape index (κ1) is 12.4. The van der Waals surface area contributed by atoms with Gasteiger partial charge in [-0.1, -0.05) is 13.8 Å². The third-order valence-corrected chi connectivity index (χ3v) is 1.89. The van der Waals surface area contributed by atoms with Crippen LogP contribution in [-0.4, -0.2) is 36.0 Å². The van der Waals surface area contributed by atoms with Crippen molar-refractivity contribution in [2.45, 2.75) is 33.1 Å². The van der Waals surface area contributed by atoms with E-state index in [-0.39, 0.29) is 11.5 Å². The molecule has 0 aromatic rings. The highest BCUT2D eigenvalue weighted by atomic mass is 16.6. The molecule has 0 radical (unpaired) electrons. The van der Waals surface area contributed by atoms with E-state index in [1.807, 2.05) is 0 Å². The summed E-state index contributed by atoms with van der Waals surface area (Å²) in [6.07, 6.45) is 2.92. The van der Waals surface area contributed by atoms with E-state index >= 15 is 0 Å². The van der Waals surface area contributed by atoms with Crippen LogP contribution >= 0.6 is 0 Å². The molecule has 0 aliphatic heterocycles. The normalized spacial score (nSPS) is 10.7. The maximum absolute atomic E-state index is 10.1. The zero-order chi connectivity index (χ0) is 10.1. The van der Waals surface area contributed by atoms with Gasteiger partial charge in [-0.15, -0.1) is 0 Å². The Bertz CT molecular complexity index is 134. The predicted octanol–water partition coefficient (Wildman–Crippen LogP) is 1.78. The van der Waals surface area contributed by atoms with Crippen molar-refractivity contribution in [3.8, 4) is 0 Å². The molecule has 0 amide bonds. The highest BCUT2D eigenvalue weighted by Gasteiger charge is 2.04. The van der Waals surface area contributed by atoms with Crippen LogP contribution in [-0.2, 0) is 0 Å². The highest BCUT2D eigenvalue weighted by Crippen LogP contribution is 1.96. The highest BCUT2D eigenvalue weighted by molar-refractivity contribution is 4.55. The molecule has 0 unspecified atom stereocenters. The molecule has 0 rings (SSSR count). The van der Waals surface area contributed by atoms with E-state index in [2.05, 4.69) is 18.7 Å². The van der Waals surface area contributed by atoms with Crippen molar-refractivity contribution in [1.29, 1.82) is 0 Å². The molecule has 0 saturated carbocycles. The summed E-state index contributed by atoms with van der Waals surface area (Å²) in [6, 6.07) is 0. The van der Waals surface area contributed by atoms with Crippen LogP contribution < -0.4 is 0 Å². The lowest BCUT2D eigenvalue weighted by molar-refractivity contribution is -0.480. The molecule has 4 nitrogen and oxygen atoms in total.